The van der Waals surface area contributed by atoms with Crippen LogP contribution in [0.5, 0.6) is 0 Å². The zero-order valence-electron chi connectivity index (χ0n) is 14.7. The van der Waals surface area contributed by atoms with Gasteiger partial charge >= 0.3 is 0 Å². The molecule has 0 atom stereocenters. The summed E-state index contributed by atoms with van der Waals surface area (Å²) in [6, 6.07) is 9.88. The van der Waals surface area contributed by atoms with Crippen molar-refractivity contribution in [3.8, 4) is 0 Å². The van der Waals surface area contributed by atoms with Crippen LogP contribution >= 0.6 is 11.3 Å². The normalized spacial score (nSPS) is 11.6. The van der Waals surface area contributed by atoms with E-state index in [2.05, 4.69) is 41.5 Å². The van der Waals surface area contributed by atoms with Crippen molar-refractivity contribution in [2.24, 2.45) is 0 Å². The maximum absolute atomic E-state index is 11.9. The van der Waals surface area contributed by atoms with Gasteiger partial charge in [0.1, 0.15) is 0 Å². The molecule has 2 heterocycles. The molecule has 25 heavy (non-hydrogen) atoms. The Labute approximate surface area is 151 Å². The number of aromatic nitrogens is 3. The number of carbonyl (C=O) groups excluding carboxylic acids is 1. The van der Waals surface area contributed by atoms with Crippen molar-refractivity contribution in [2.45, 2.75) is 39.2 Å². The van der Waals surface area contributed by atoms with Gasteiger partial charge in [0.25, 0.3) is 0 Å². The number of rotatable bonds is 6. The number of anilines is 1. The molecule has 1 amide bonds. The number of nitrogens with one attached hydrogen (secondary N) is 2. The molecule has 6 nitrogen and oxygen atoms in total. The number of carbonyl (C=O) groups is 1. The Morgan fingerprint density at radius 1 is 1.24 bits per heavy atom. The smallest absolute Gasteiger partial charge is 0.222 e. The highest BCUT2D eigenvalue weighted by Crippen LogP contribution is 2.25. The molecule has 3 aromatic rings. The molecule has 1 aromatic carbocycles. The van der Waals surface area contributed by atoms with E-state index in [0.717, 1.165) is 21.3 Å². The fourth-order valence-electron chi connectivity index (χ4n) is 2.30. The van der Waals surface area contributed by atoms with E-state index in [9.17, 15) is 4.79 Å². The number of benzene rings is 1. The van der Waals surface area contributed by atoms with Crippen LogP contribution < -0.4 is 10.6 Å². The molecule has 3 rings (SSSR count). The van der Waals surface area contributed by atoms with Gasteiger partial charge in [0, 0.05) is 24.9 Å². The average molecular weight is 357 g/mol. The van der Waals surface area contributed by atoms with E-state index in [1.165, 1.54) is 11.3 Å². The Kier molecular flexibility index (Phi) is 5.03. The van der Waals surface area contributed by atoms with Gasteiger partial charge in [0.05, 0.1) is 11.9 Å². The van der Waals surface area contributed by atoms with Crippen LogP contribution in [0.25, 0.3) is 4.96 Å². The fraction of sp³-hybridized carbons (Fsp3) is 0.389. The molecular formula is C18H23N5OS. The van der Waals surface area contributed by atoms with E-state index in [-0.39, 0.29) is 11.3 Å². The number of imidazole rings is 1. The van der Waals surface area contributed by atoms with Gasteiger partial charge in [-0.2, -0.15) is 0 Å². The van der Waals surface area contributed by atoms with Crippen LogP contribution in [0.1, 0.15) is 38.4 Å². The van der Waals surface area contributed by atoms with E-state index < -0.39 is 0 Å². The Morgan fingerprint density at radius 2 is 2.00 bits per heavy atom. The van der Waals surface area contributed by atoms with Gasteiger partial charge in [-0.1, -0.05) is 62.4 Å². The van der Waals surface area contributed by atoms with Gasteiger partial charge < -0.3 is 10.6 Å². The molecule has 0 fully saturated rings. The summed E-state index contributed by atoms with van der Waals surface area (Å²) in [6.07, 6.45) is 2.37. The summed E-state index contributed by atoms with van der Waals surface area (Å²) in [5.41, 5.74) is 2.13. The molecular weight excluding hydrogens is 334 g/mol. The molecule has 0 unspecified atom stereocenters. The third-order valence-electron chi connectivity index (χ3n) is 3.77. The molecule has 0 aliphatic heterocycles. The molecule has 2 aromatic heterocycles. The van der Waals surface area contributed by atoms with Crippen LogP contribution in [0.4, 0.5) is 5.13 Å². The fourth-order valence-corrected chi connectivity index (χ4v) is 3.11. The standard InChI is InChI=1S/C18H23N5OS/c1-18(2,3)14-12-23-17(21-14)25-16(22-23)19-10-9-15(24)20-11-13-7-5-4-6-8-13/h4-8,12H,9-11H2,1-3H3,(H,19,22)(H,20,24). The number of fused-ring (bicyclic) bond motifs is 1. The van der Waals surface area contributed by atoms with Crippen molar-refractivity contribution in [3.63, 3.8) is 0 Å². The highest BCUT2D eigenvalue weighted by molar-refractivity contribution is 7.20. The summed E-state index contributed by atoms with van der Waals surface area (Å²) in [5, 5.41) is 11.4. The van der Waals surface area contributed by atoms with Crippen molar-refractivity contribution < 1.29 is 4.79 Å². The lowest BCUT2D eigenvalue weighted by atomic mass is 9.93. The Balaban J connectivity index is 1.46. The first-order chi connectivity index (χ1) is 11.9. The molecule has 7 heteroatoms. The Bertz CT molecular complexity index is 816. The average Bonchev–Trinajstić information content (AvgIpc) is 3.12. The highest BCUT2D eigenvalue weighted by Gasteiger charge is 2.19. The lowest BCUT2D eigenvalue weighted by Gasteiger charge is -2.13. The predicted molar refractivity (Wildman–Crippen MR) is 101 cm³/mol. The van der Waals surface area contributed by atoms with Crippen molar-refractivity contribution in [2.75, 3.05) is 11.9 Å². The van der Waals surface area contributed by atoms with Crippen LogP contribution in [0.2, 0.25) is 0 Å². The molecule has 0 saturated carbocycles. The van der Waals surface area contributed by atoms with Crippen molar-refractivity contribution in [3.05, 3.63) is 47.8 Å². The third-order valence-corrected chi connectivity index (χ3v) is 4.65. The van der Waals surface area contributed by atoms with Crippen LogP contribution in [-0.2, 0) is 16.8 Å². The second kappa shape index (κ2) is 7.23. The number of nitrogens with zero attached hydrogens (tertiary/aromatic N) is 3. The Hall–Kier alpha value is -2.41. The van der Waals surface area contributed by atoms with Gasteiger partial charge in [-0.3, -0.25) is 4.79 Å². The van der Waals surface area contributed by atoms with Gasteiger partial charge in [0.15, 0.2) is 0 Å². The molecule has 132 valence electrons. The van der Waals surface area contributed by atoms with E-state index in [4.69, 9.17) is 0 Å². The van der Waals surface area contributed by atoms with Crippen LogP contribution in [0.3, 0.4) is 0 Å². The number of hydrogen-bond acceptors (Lipinski definition) is 5. The molecule has 0 spiro atoms. The monoisotopic (exact) mass is 357 g/mol. The van der Waals surface area contributed by atoms with Gasteiger partial charge in [-0.25, -0.2) is 9.50 Å². The van der Waals surface area contributed by atoms with Crippen molar-refractivity contribution in [1.82, 2.24) is 19.9 Å². The van der Waals surface area contributed by atoms with Gasteiger partial charge in [0.2, 0.25) is 16.0 Å². The van der Waals surface area contributed by atoms with Crippen molar-refractivity contribution in [1.29, 1.82) is 0 Å². The van der Waals surface area contributed by atoms with Crippen LogP contribution in [0, 0.1) is 0 Å². The maximum atomic E-state index is 11.9. The zero-order valence-corrected chi connectivity index (χ0v) is 15.6. The number of hydrogen-bond donors (Lipinski definition) is 2. The molecule has 0 aliphatic rings. The first-order valence-corrected chi connectivity index (χ1v) is 9.15. The zero-order chi connectivity index (χ0) is 17.9. The van der Waals surface area contributed by atoms with Crippen LogP contribution in [-0.4, -0.2) is 27.0 Å². The summed E-state index contributed by atoms with van der Waals surface area (Å²) in [6.45, 7) is 7.50. The number of amides is 1. The van der Waals surface area contributed by atoms with Gasteiger partial charge in [-0.05, 0) is 5.56 Å². The van der Waals surface area contributed by atoms with E-state index in [1.54, 1.807) is 4.52 Å². The molecule has 0 saturated heterocycles. The van der Waals surface area contributed by atoms with Gasteiger partial charge in [-0.15, -0.1) is 5.10 Å². The summed E-state index contributed by atoms with van der Waals surface area (Å²) < 4.78 is 1.79. The highest BCUT2D eigenvalue weighted by atomic mass is 32.1. The second-order valence-electron chi connectivity index (χ2n) is 6.95. The minimum absolute atomic E-state index is 0.0118. The van der Waals surface area contributed by atoms with E-state index in [0.29, 0.717) is 19.5 Å². The lowest BCUT2D eigenvalue weighted by Crippen LogP contribution is -2.24. The summed E-state index contributed by atoms with van der Waals surface area (Å²) >= 11 is 1.49. The SMILES string of the molecule is CC(C)(C)c1cn2nc(NCCC(=O)NCc3ccccc3)sc2n1. The first-order valence-electron chi connectivity index (χ1n) is 8.33. The van der Waals surface area contributed by atoms with E-state index in [1.807, 2.05) is 36.5 Å². The summed E-state index contributed by atoms with van der Waals surface area (Å²) in [4.78, 5) is 17.4. The second-order valence-corrected chi connectivity index (χ2v) is 7.91. The minimum atomic E-state index is 0.0118. The predicted octanol–water partition coefficient (Wildman–Crippen LogP) is 3.21. The van der Waals surface area contributed by atoms with E-state index >= 15 is 0 Å². The van der Waals surface area contributed by atoms with Crippen molar-refractivity contribution >= 4 is 27.3 Å². The topological polar surface area (TPSA) is 71.3 Å². The molecule has 0 aliphatic carbocycles. The quantitative estimate of drug-likeness (QED) is 0.711. The van der Waals surface area contributed by atoms with Crippen LogP contribution in [0.15, 0.2) is 36.5 Å². The first kappa shape index (κ1) is 17.4. The minimum Gasteiger partial charge on any atom is -0.360 e. The Morgan fingerprint density at radius 3 is 2.68 bits per heavy atom. The largest absolute Gasteiger partial charge is 0.360 e. The maximum Gasteiger partial charge on any atom is 0.222 e. The molecule has 0 radical (unpaired) electrons. The lowest BCUT2D eigenvalue weighted by molar-refractivity contribution is -0.121. The third kappa shape index (κ3) is 4.57. The summed E-state index contributed by atoms with van der Waals surface area (Å²) in [7, 11) is 0. The molecule has 2 N–H and O–H groups in total. The molecule has 0 bridgehead atoms. The summed E-state index contributed by atoms with van der Waals surface area (Å²) in [5.74, 6) is 0.0210.